The molecule has 2 aromatic heterocycles. The molecule has 1 aliphatic carbocycles. The number of rotatable bonds is 6. The Morgan fingerprint density at radius 1 is 1.10 bits per heavy atom. The Balaban J connectivity index is 1.40. The minimum atomic E-state index is -0.262. The van der Waals surface area contributed by atoms with Crippen LogP contribution >= 0.6 is 0 Å². The molecule has 2 N–H and O–H groups in total. The van der Waals surface area contributed by atoms with Gasteiger partial charge < -0.3 is 10.6 Å². The van der Waals surface area contributed by atoms with Crippen LogP contribution in [0, 0.1) is 13.8 Å². The lowest BCUT2D eigenvalue weighted by Gasteiger charge is -2.11. The molecule has 1 fully saturated rings. The van der Waals surface area contributed by atoms with Gasteiger partial charge in [-0.25, -0.2) is 4.68 Å². The number of hydrogen-bond donors (Lipinski definition) is 2. The average molecular weight is 406 g/mol. The lowest BCUT2D eigenvalue weighted by atomic mass is 10.2. The first-order valence-electron chi connectivity index (χ1n) is 10.2. The molecule has 0 spiro atoms. The van der Waals surface area contributed by atoms with Crippen LogP contribution < -0.4 is 10.6 Å². The highest BCUT2D eigenvalue weighted by atomic mass is 16.2. The highest BCUT2D eigenvalue weighted by Crippen LogP contribution is 2.19. The molecule has 2 heterocycles. The van der Waals surface area contributed by atoms with Gasteiger partial charge in [-0.15, -0.1) is 0 Å². The van der Waals surface area contributed by atoms with E-state index in [1.165, 1.54) is 17.5 Å². The van der Waals surface area contributed by atoms with Crippen molar-refractivity contribution in [1.82, 2.24) is 24.9 Å². The van der Waals surface area contributed by atoms with E-state index in [4.69, 9.17) is 0 Å². The smallest absolute Gasteiger partial charge is 0.259 e. The Bertz CT molecular complexity index is 1060. The van der Waals surface area contributed by atoms with E-state index in [1.807, 2.05) is 38.1 Å². The van der Waals surface area contributed by atoms with E-state index in [2.05, 4.69) is 20.8 Å². The number of nitrogens with zero attached hydrogens (tertiary/aromatic N) is 4. The molecule has 1 aliphatic rings. The van der Waals surface area contributed by atoms with E-state index >= 15 is 0 Å². The lowest BCUT2D eigenvalue weighted by molar-refractivity contribution is -0.122. The average Bonchev–Trinajstić information content (AvgIpc) is 3.45. The monoisotopic (exact) mass is 406 g/mol. The van der Waals surface area contributed by atoms with E-state index < -0.39 is 0 Å². The summed E-state index contributed by atoms with van der Waals surface area (Å²) in [6.07, 6.45) is 9.19. The Morgan fingerprint density at radius 2 is 1.87 bits per heavy atom. The predicted molar refractivity (Wildman–Crippen MR) is 114 cm³/mol. The second-order valence-corrected chi connectivity index (χ2v) is 7.77. The Morgan fingerprint density at radius 3 is 2.63 bits per heavy atom. The molecule has 0 unspecified atom stereocenters. The number of amides is 2. The Kier molecular flexibility index (Phi) is 5.65. The third-order valence-electron chi connectivity index (χ3n) is 5.52. The van der Waals surface area contributed by atoms with Crippen LogP contribution in [0.25, 0.3) is 5.69 Å². The molecule has 1 saturated carbocycles. The van der Waals surface area contributed by atoms with Crippen LogP contribution in [0.2, 0.25) is 0 Å². The fourth-order valence-corrected chi connectivity index (χ4v) is 3.88. The fraction of sp³-hybridized carbons (Fsp3) is 0.364. The van der Waals surface area contributed by atoms with Crippen LogP contribution in [-0.4, -0.2) is 37.4 Å². The summed E-state index contributed by atoms with van der Waals surface area (Å²) < 4.78 is 3.30. The number of nitrogens with one attached hydrogen (secondary N) is 2. The summed E-state index contributed by atoms with van der Waals surface area (Å²) in [7, 11) is 0. The quantitative estimate of drug-likeness (QED) is 0.658. The van der Waals surface area contributed by atoms with Crippen molar-refractivity contribution in [1.29, 1.82) is 0 Å². The normalized spacial score (nSPS) is 14.1. The van der Waals surface area contributed by atoms with Crippen molar-refractivity contribution in [2.75, 3.05) is 5.32 Å². The molecule has 0 radical (unpaired) electrons. The molecule has 4 rings (SSSR count). The first kappa shape index (κ1) is 19.9. The van der Waals surface area contributed by atoms with E-state index in [0.29, 0.717) is 11.3 Å². The standard InChI is InChI=1S/C22H26N6O2/c1-15-7-3-6-10-20(15)28-16(2)19(12-24-28)22(30)26-18-11-23-27(13-18)14-21(29)25-17-8-4-5-9-17/h3,6-7,10-13,17H,4-5,8-9,14H2,1-2H3,(H,25,29)(H,26,30). The highest BCUT2D eigenvalue weighted by molar-refractivity contribution is 6.04. The third kappa shape index (κ3) is 4.27. The van der Waals surface area contributed by atoms with Gasteiger partial charge in [0.05, 0.1) is 35.0 Å². The van der Waals surface area contributed by atoms with Gasteiger partial charge in [0.25, 0.3) is 5.91 Å². The molecule has 8 nitrogen and oxygen atoms in total. The summed E-state index contributed by atoms with van der Waals surface area (Å²) in [4.78, 5) is 24.9. The molecule has 30 heavy (non-hydrogen) atoms. The minimum Gasteiger partial charge on any atom is -0.352 e. The summed E-state index contributed by atoms with van der Waals surface area (Å²) in [5.74, 6) is -0.319. The molecule has 0 atom stereocenters. The molecule has 0 bridgehead atoms. The number of aryl methyl sites for hydroxylation is 1. The van der Waals surface area contributed by atoms with Crippen LogP contribution in [0.15, 0.2) is 42.9 Å². The Labute approximate surface area is 175 Å². The summed E-state index contributed by atoms with van der Waals surface area (Å²) in [5.41, 5.74) is 3.80. The van der Waals surface area contributed by atoms with Crippen LogP contribution in [0.4, 0.5) is 5.69 Å². The number of benzene rings is 1. The molecule has 3 aromatic rings. The molecular formula is C22H26N6O2. The molecule has 0 saturated heterocycles. The molecular weight excluding hydrogens is 380 g/mol. The third-order valence-corrected chi connectivity index (χ3v) is 5.52. The van der Waals surface area contributed by atoms with Crippen LogP contribution in [0.5, 0.6) is 0 Å². The highest BCUT2D eigenvalue weighted by Gasteiger charge is 2.19. The second-order valence-electron chi connectivity index (χ2n) is 7.77. The van der Waals surface area contributed by atoms with E-state index in [9.17, 15) is 9.59 Å². The number of para-hydroxylation sites is 1. The van der Waals surface area contributed by atoms with Crippen molar-refractivity contribution in [2.24, 2.45) is 0 Å². The molecule has 0 aliphatic heterocycles. The largest absolute Gasteiger partial charge is 0.352 e. The first-order chi connectivity index (χ1) is 14.5. The van der Waals surface area contributed by atoms with Crippen molar-refractivity contribution >= 4 is 17.5 Å². The molecule has 2 amide bonds. The molecule has 1 aromatic carbocycles. The number of hydrogen-bond acceptors (Lipinski definition) is 4. The van der Waals surface area contributed by atoms with Crippen LogP contribution in [0.1, 0.15) is 47.3 Å². The van der Waals surface area contributed by atoms with Crippen molar-refractivity contribution in [3.05, 3.63) is 59.7 Å². The van der Waals surface area contributed by atoms with Gasteiger partial charge in [0.1, 0.15) is 6.54 Å². The van der Waals surface area contributed by atoms with Crippen molar-refractivity contribution in [3.63, 3.8) is 0 Å². The number of carbonyl (C=O) groups excluding carboxylic acids is 2. The van der Waals surface area contributed by atoms with Crippen molar-refractivity contribution in [2.45, 2.75) is 52.1 Å². The van der Waals surface area contributed by atoms with Crippen molar-refractivity contribution in [3.8, 4) is 5.69 Å². The zero-order valence-electron chi connectivity index (χ0n) is 17.3. The summed E-state index contributed by atoms with van der Waals surface area (Å²) in [6.45, 7) is 4.01. The van der Waals surface area contributed by atoms with E-state index in [-0.39, 0.29) is 24.4 Å². The van der Waals surface area contributed by atoms with E-state index in [1.54, 1.807) is 23.3 Å². The zero-order valence-corrected chi connectivity index (χ0v) is 17.3. The SMILES string of the molecule is Cc1ccccc1-n1ncc(C(=O)Nc2cnn(CC(=O)NC3CCCC3)c2)c1C. The Hall–Kier alpha value is -3.42. The lowest BCUT2D eigenvalue weighted by Crippen LogP contribution is -2.35. The van der Waals surface area contributed by atoms with Crippen molar-refractivity contribution < 1.29 is 9.59 Å². The van der Waals surface area contributed by atoms with Gasteiger partial charge in [-0.3, -0.25) is 14.3 Å². The zero-order chi connectivity index (χ0) is 21.1. The number of anilines is 1. The van der Waals surface area contributed by atoms with Gasteiger partial charge in [0, 0.05) is 12.2 Å². The van der Waals surface area contributed by atoms with Gasteiger partial charge in [-0.2, -0.15) is 10.2 Å². The molecule has 8 heteroatoms. The maximum atomic E-state index is 12.7. The maximum Gasteiger partial charge on any atom is 0.259 e. The first-order valence-corrected chi connectivity index (χ1v) is 10.2. The van der Waals surface area contributed by atoms with Gasteiger partial charge >= 0.3 is 0 Å². The molecule has 156 valence electrons. The number of carbonyl (C=O) groups is 2. The van der Waals surface area contributed by atoms with Crippen LogP contribution in [-0.2, 0) is 11.3 Å². The van der Waals surface area contributed by atoms with Gasteiger partial charge in [0.2, 0.25) is 5.91 Å². The summed E-state index contributed by atoms with van der Waals surface area (Å²) in [6, 6.07) is 8.17. The van der Waals surface area contributed by atoms with E-state index in [0.717, 1.165) is 29.8 Å². The predicted octanol–water partition coefficient (Wildman–Crippen LogP) is 3.00. The topological polar surface area (TPSA) is 93.8 Å². The fourth-order valence-electron chi connectivity index (χ4n) is 3.88. The van der Waals surface area contributed by atoms with Gasteiger partial charge in [-0.05, 0) is 38.3 Å². The summed E-state index contributed by atoms with van der Waals surface area (Å²) in [5, 5.41) is 14.4. The number of aromatic nitrogens is 4. The van der Waals surface area contributed by atoms with Crippen LogP contribution in [0.3, 0.4) is 0 Å². The second kappa shape index (κ2) is 8.52. The maximum absolute atomic E-state index is 12.7. The summed E-state index contributed by atoms with van der Waals surface area (Å²) >= 11 is 0. The van der Waals surface area contributed by atoms with Gasteiger partial charge in [-0.1, -0.05) is 31.0 Å². The minimum absolute atomic E-state index is 0.0572. The van der Waals surface area contributed by atoms with Gasteiger partial charge in [0.15, 0.2) is 0 Å².